The van der Waals surface area contributed by atoms with E-state index in [4.69, 9.17) is 16.2 Å². The molecule has 2 aromatic carbocycles. The van der Waals surface area contributed by atoms with Crippen LogP contribution in [0.25, 0.3) is 10.8 Å². The van der Waals surface area contributed by atoms with Gasteiger partial charge in [0.15, 0.2) is 0 Å². The lowest BCUT2D eigenvalue weighted by Gasteiger charge is -2.16. The Balaban J connectivity index is 2.72. The maximum absolute atomic E-state index is 6.03. The van der Waals surface area contributed by atoms with Gasteiger partial charge in [-0.2, -0.15) is 0 Å². The fourth-order valence-corrected chi connectivity index (χ4v) is 1.95. The van der Waals surface area contributed by atoms with Crippen molar-refractivity contribution in [2.24, 2.45) is 11.5 Å². The third-order valence-electron chi connectivity index (χ3n) is 2.78. The predicted molar refractivity (Wildman–Crippen MR) is 66.5 cm³/mol. The molecule has 84 valence electrons. The van der Waals surface area contributed by atoms with E-state index >= 15 is 0 Å². The number of rotatable bonds is 3. The molecular formula is C13H16N2O. The van der Waals surface area contributed by atoms with E-state index < -0.39 is 0 Å². The lowest BCUT2D eigenvalue weighted by Crippen LogP contribution is -2.21. The van der Waals surface area contributed by atoms with Crippen LogP contribution in [0.15, 0.2) is 36.4 Å². The van der Waals surface area contributed by atoms with Crippen LogP contribution in [0.1, 0.15) is 11.6 Å². The van der Waals surface area contributed by atoms with E-state index in [2.05, 4.69) is 6.07 Å². The minimum absolute atomic E-state index is 0.193. The second-order valence-electron chi connectivity index (χ2n) is 3.74. The molecule has 0 aliphatic heterocycles. The Labute approximate surface area is 95.0 Å². The minimum Gasteiger partial charge on any atom is -0.496 e. The lowest BCUT2D eigenvalue weighted by atomic mass is 9.98. The van der Waals surface area contributed by atoms with Crippen molar-refractivity contribution in [2.75, 3.05) is 13.7 Å². The van der Waals surface area contributed by atoms with E-state index in [1.54, 1.807) is 7.11 Å². The Morgan fingerprint density at radius 1 is 1.19 bits per heavy atom. The highest BCUT2D eigenvalue weighted by Crippen LogP contribution is 2.31. The van der Waals surface area contributed by atoms with Crippen LogP contribution in [0.5, 0.6) is 5.75 Å². The SMILES string of the molecule is COc1ccc2ccccc2c1[C@H](N)CN. The molecule has 0 heterocycles. The third-order valence-corrected chi connectivity index (χ3v) is 2.78. The van der Waals surface area contributed by atoms with Crippen LogP contribution in [0.4, 0.5) is 0 Å². The summed E-state index contributed by atoms with van der Waals surface area (Å²) in [7, 11) is 1.65. The van der Waals surface area contributed by atoms with Gasteiger partial charge in [-0.1, -0.05) is 30.3 Å². The molecule has 0 aliphatic rings. The molecule has 3 nitrogen and oxygen atoms in total. The molecule has 0 aromatic heterocycles. The van der Waals surface area contributed by atoms with Crippen LogP contribution < -0.4 is 16.2 Å². The molecule has 0 radical (unpaired) electrons. The van der Waals surface area contributed by atoms with Crippen molar-refractivity contribution < 1.29 is 4.74 Å². The van der Waals surface area contributed by atoms with Crippen molar-refractivity contribution in [1.29, 1.82) is 0 Å². The van der Waals surface area contributed by atoms with Gasteiger partial charge in [0.2, 0.25) is 0 Å². The minimum atomic E-state index is -0.193. The normalized spacial score (nSPS) is 12.7. The quantitative estimate of drug-likeness (QED) is 0.822. The van der Waals surface area contributed by atoms with E-state index in [-0.39, 0.29) is 6.04 Å². The number of benzene rings is 2. The van der Waals surface area contributed by atoms with Crippen LogP contribution in [-0.4, -0.2) is 13.7 Å². The van der Waals surface area contributed by atoms with Crippen molar-refractivity contribution in [1.82, 2.24) is 0 Å². The van der Waals surface area contributed by atoms with Gasteiger partial charge in [-0.25, -0.2) is 0 Å². The molecule has 0 fully saturated rings. The molecule has 0 aliphatic carbocycles. The zero-order valence-electron chi connectivity index (χ0n) is 9.31. The van der Waals surface area contributed by atoms with Gasteiger partial charge in [-0.3, -0.25) is 0 Å². The Morgan fingerprint density at radius 3 is 2.62 bits per heavy atom. The van der Waals surface area contributed by atoms with Crippen LogP contribution in [0.3, 0.4) is 0 Å². The third kappa shape index (κ3) is 1.75. The number of ether oxygens (including phenoxy) is 1. The van der Waals surface area contributed by atoms with Gasteiger partial charge in [-0.05, 0) is 16.8 Å². The highest BCUT2D eigenvalue weighted by molar-refractivity contribution is 5.88. The standard InChI is InChI=1S/C13H16N2O/c1-16-12-7-6-9-4-2-3-5-10(9)13(12)11(15)8-14/h2-7,11H,8,14-15H2,1H3/t11-/m1/s1. The molecule has 0 saturated carbocycles. The van der Waals surface area contributed by atoms with Crippen molar-refractivity contribution in [3.63, 3.8) is 0 Å². The average Bonchev–Trinajstić information content (AvgIpc) is 2.36. The zero-order valence-corrected chi connectivity index (χ0v) is 9.31. The number of hydrogen-bond acceptors (Lipinski definition) is 3. The second-order valence-corrected chi connectivity index (χ2v) is 3.74. The maximum atomic E-state index is 6.03. The first kappa shape index (κ1) is 10.9. The summed E-state index contributed by atoms with van der Waals surface area (Å²) >= 11 is 0. The molecule has 2 rings (SSSR count). The molecular weight excluding hydrogens is 200 g/mol. The highest BCUT2D eigenvalue weighted by atomic mass is 16.5. The lowest BCUT2D eigenvalue weighted by molar-refractivity contribution is 0.407. The van der Waals surface area contributed by atoms with Crippen LogP contribution in [0, 0.1) is 0 Å². The van der Waals surface area contributed by atoms with Gasteiger partial charge in [0.05, 0.1) is 7.11 Å². The van der Waals surface area contributed by atoms with Gasteiger partial charge in [-0.15, -0.1) is 0 Å². The Bertz CT molecular complexity index is 496. The first-order valence-corrected chi connectivity index (χ1v) is 5.29. The predicted octanol–water partition coefficient (Wildman–Crippen LogP) is 1.81. The van der Waals surface area contributed by atoms with Gasteiger partial charge in [0.1, 0.15) is 5.75 Å². The highest BCUT2D eigenvalue weighted by Gasteiger charge is 2.13. The van der Waals surface area contributed by atoms with Crippen molar-refractivity contribution in [2.45, 2.75) is 6.04 Å². The molecule has 0 amide bonds. The Hall–Kier alpha value is -1.58. The largest absolute Gasteiger partial charge is 0.496 e. The van der Waals surface area contributed by atoms with Gasteiger partial charge in [0.25, 0.3) is 0 Å². The second kappa shape index (κ2) is 4.51. The summed E-state index contributed by atoms with van der Waals surface area (Å²) in [5, 5.41) is 2.27. The summed E-state index contributed by atoms with van der Waals surface area (Å²) in [5.74, 6) is 0.802. The van der Waals surface area contributed by atoms with Crippen LogP contribution in [0.2, 0.25) is 0 Å². The molecule has 0 bridgehead atoms. The van der Waals surface area contributed by atoms with Crippen LogP contribution in [-0.2, 0) is 0 Å². The fourth-order valence-electron chi connectivity index (χ4n) is 1.95. The number of hydrogen-bond donors (Lipinski definition) is 2. The molecule has 0 unspecified atom stereocenters. The van der Waals surface area contributed by atoms with Gasteiger partial charge >= 0.3 is 0 Å². The molecule has 3 heteroatoms. The van der Waals surface area contributed by atoms with Crippen molar-refractivity contribution in [3.8, 4) is 5.75 Å². The van der Waals surface area contributed by atoms with Crippen molar-refractivity contribution >= 4 is 10.8 Å². The van der Waals surface area contributed by atoms with Crippen LogP contribution >= 0.6 is 0 Å². The molecule has 1 atom stereocenters. The van der Waals surface area contributed by atoms with E-state index in [0.717, 1.165) is 22.1 Å². The summed E-state index contributed by atoms with van der Waals surface area (Å²) in [6.45, 7) is 0.407. The maximum Gasteiger partial charge on any atom is 0.124 e. The first-order valence-electron chi connectivity index (χ1n) is 5.29. The summed E-state index contributed by atoms with van der Waals surface area (Å²) in [4.78, 5) is 0. The monoisotopic (exact) mass is 216 g/mol. The van der Waals surface area contributed by atoms with Gasteiger partial charge in [0, 0.05) is 18.2 Å². The summed E-state index contributed by atoms with van der Waals surface area (Å²) < 4.78 is 5.34. The van der Waals surface area contributed by atoms with Gasteiger partial charge < -0.3 is 16.2 Å². The molecule has 4 N–H and O–H groups in total. The molecule has 0 saturated heterocycles. The first-order chi connectivity index (χ1) is 7.77. The summed E-state index contributed by atoms with van der Waals surface area (Å²) in [6, 6.07) is 11.9. The Morgan fingerprint density at radius 2 is 1.94 bits per heavy atom. The Kier molecular flexibility index (Phi) is 3.08. The zero-order chi connectivity index (χ0) is 11.5. The molecule has 16 heavy (non-hydrogen) atoms. The van der Waals surface area contributed by atoms with E-state index in [1.807, 2.05) is 30.3 Å². The average molecular weight is 216 g/mol. The summed E-state index contributed by atoms with van der Waals surface area (Å²) in [6.07, 6.45) is 0. The smallest absolute Gasteiger partial charge is 0.124 e. The van der Waals surface area contributed by atoms with E-state index in [1.165, 1.54) is 0 Å². The molecule has 2 aromatic rings. The number of methoxy groups -OCH3 is 1. The summed E-state index contributed by atoms with van der Waals surface area (Å²) in [5.41, 5.74) is 12.7. The van der Waals surface area contributed by atoms with E-state index in [0.29, 0.717) is 6.54 Å². The van der Waals surface area contributed by atoms with Crippen molar-refractivity contribution in [3.05, 3.63) is 42.0 Å². The van der Waals surface area contributed by atoms with E-state index in [9.17, 15) is 0 Å². The topological polar surface area (TPSA) is 61.3 Å². The molecule has 0 spiro atoms. The number of nitrogens with two attached hydrogens (primary N) is 2. The fraction of sp³-hybridized carbons (Fsp3) is 0.231. The number of fused-ring (bicyclic) bond motifs is 1.